The van der Waals surface area contributed by atoms with Crippen LogP contribution in [0.3, 0.4) is 0 Å². The highest BCUT2D eigenvalue weighted by atomic mass is 35.5. The van der Waals surface area contributed by atoms with E-state index in [1.165, 1.54) is 12.1 Å². The molecule has 168 valence electrons. The number of nitrogens with zero attached hydrogens (tertiary/aromatic N) is 1. The van der Waals surface area contributed by atoms with Crippen LogP contribution in [0.15, 0.2) is 54.6 Å². The first-order chi connectivity index (χ1) is 15.3. The highest BCUT2D eigenvalue weighted by Gasteiger charge is 2.35. The predicted octanol–water partition coefficient (Wildman–Crippen LogP) is 5.37. The van der Waals surface area contributed by atoms with Crippen LogP contribution in [-0.4, -0.2) is 43.4 Å². The molecule has 0 aliphatic carbocycles. The SMILES string of the molecule is CCOc1c(Cl)cc(C(=O)N(Cc2cccc3ccccc23)[C@@H]2CCS(=O)(=O)C2)cc1Cl. The van der Waals surface area contributed by atoms with Crippen LogP contribution >= 0.6 is 23.2 Å². The van der Waals surface area contributed by atoms with Crippen LogP contribution in [0.5, 0.6) is 5.75 Å². The molecule has 8 heteroatoms. The Morgan fingerprint density at radius 1 is 1.09 bits per heavy atom. The summed E-state index contributed by atoms with van der Waals surface area (Å²) in [5, 5.41) is 2.57. The fourth-order valence-electron chi connectivity index (χ4n) is 4.13. The molecule has 1 aliphatic heterocycles. The molecule has 1 atom stereocenters. The van der Waals surface area contributed by atoms with Crippen molar-refractivity contribution >= 4 is 49.7 Å². The molecule has 0 N–H and O–H groups in total. The number of sulfone groups is 1. The third-order valence-electron chi connectivity index (χ3n) is 5.66. The molecule has 0 spiro atoms. The molecule has 3 aromatic rings. The minimum atomic E-state index is -3.19. The Bertz CT molecular complexity index is 1250. The van der Waals surface area contributed by atoms with Crippen molar-refractivity contribution in [3.63, 3.8) is 0 Å². The summed E-state index contributed by atoms with van der Waals surface area (Å²) in [5.74, 6) is 0.0346. The molecule has 1 amide bonds. The Morgan fingerprint density at radius 3 is 2.44 bits per heavy atom. The lowest BCUT2D eigenvalue weighted by atomic mass is 10.0. The Balaban J connectivity index is 1.74. The van der Waals surface area contributed by atoms with Crippen molar-refractivity contribution in [2.75, 3.05) is 18.1 Å². The quantitative estimate of drug-likeness (QED) is 0.464. The molecule has 0 saturated carbocycles. The summed E-state index contributed by atoms with van der Waals surface area (Å²) >= 11 is 12.7. The van der Waals surface area contributed by atoms with E-state index in [1.807, 2.05) is 49.4 Å². The number of fused-ring (bicyclic) bond motifs is 1. The molecule has 0 aromatic heterocycles. The van der Waals surface area contributed by atoms with Crippen molar-refractivity contribution in [2.24, 2.45) is 0 Å². The van der Waals surface area contributed by atoms with Crippen molar-refractivity contribution in [3.05, 3.63) is 75.8 Å². The molecular formula is C24H23Cl2NO4S. The van der Waals surface area contributed by atoms with Gasteiger partial charge >= 0.3 is 0 Å². The smallest absolute Gasteiger partial charge is 0.254 e. The minimum absolute atomic E-state index is 0.0536. The van der Waals surface area contributed by atoms with Crippen LogP contribution in [-0.2, 0) is 16.4 Å². The Hall–Kier alpha value is -2.28. The number of hydrogen-bond donors (Lipinski definition) is 0. The maximum absolute atomic E-state index is 13.6. The Labute approximate surface area is 197 Å². The second-order valence-corrected chi connectivity index (χ2v) is 10.9. The third kappa shape index (κ3) is 4.72. The van der Waals surface area contributed by atoms with E-state index in [0.29, 0.717) is 24.3 Å². The van der Waals surface area contributed by atoms with Gasteiger partial charge in [-0.3, -0.25) is 4.79 Å². The zero-order valence-corrected chi connectivity index (χ0v) is 19.9. The van der Waals surface area contributed by atoms with Crippen LogP contribution < -0.4 is 4.74 Å². The number of carbonyl (C=O) groups is 1. The normalized spacial score (nSPS) is 17.4. The summed E-state index contributed by atoms with van der Waals surface area (Å²) in [4.78, 5) is 15.3. The lowest BCUT2D eigenvalue weighted by Gasteiger charge is -2.29. The molecule has 0 radical (unpaired) electrons. The summed E-state index contributed by atoms with van der Waals surface area (Å²) in [7, 11) is -3.19. The molecule has 32 heavy (non-hydrogen) atoms. The average Bonchev–Trinajstić information content (AvgIpc) is 3.13. The number of halogens is 2. The summed E-state index contributed by atoms with van der Waals surface area (Å²) in [6.45, 7) is 2.49. The zero-order valence-electron chi connectivity index (χ0n) is 17.6. The van der Waals surface area contributed by atoms with Crippen LogP contribution in [0.1, 0.15) is 29.3 Å². The average molecular weight is 492 g/mol. The molecule has 3 aromatic carbocycles. The summed E-state index contributed by atoms with van der Waals surface area (Å²) in [5.41, 5.74) is 1.25. The maximum atomic E-state index is 13.6. The molecule has 1 aliphatic rings. The standard InChI is InChI=1S/C24H23Cl2NO4S/c1-2-31-23-21(25)12-18(13-22(23)26)24(28)27(19-10-11-32(29,30)15-19)14-17-8-5-7-16-6-3-4-9-20(16)17/h3-9,12-13,19H,2,10-11,14-15H2,1H3/t19-/m1/s1. The topological polar surface area (TPSA) is 63.7 Å². The number of carbonyl (C=O) groups excluding carboxylic acids is 1. The van der Waals surface area contributed by atoms with Crippen LogP contribution in [0.25, 0.3) is 10.8 Å². The lowest BCUT2D eigenvalue weighted by Crippen LogP contribution is -2.40. The number of amides is 1. The molecule has 1 fully saturated rings. The highest BCUT2D eigenvalue weighted by Crippen LogP contribution is 2.35. The van der Waals surface area contributed by atoms with Gasteiger partial charge in [-0.15, -0.1) is 0 Å². The second-order valence-electron chi connectivity index (χ2n) is 7.83. The van der Waals surface area contributed by atoms with Gasteiger partial charge in [-0.25, -0.2) is 8.42 Å². The van der Waals surface area contributed by atoms with Crippen LogP contribution in [0.4, 0.5) is 0 Å². The number of ether oxygens (including phenoxy) is 1. The summed E-state index contributed by atoms with van der Waals surface area (Å²) in [6.07, 6.45) is 0.400. The molecule has 1 heterocycles. The van der Waals surface area contributed by atoms with Gasteiger partial charge in [-0.1, -0.05) is 65.7 Å². The van der Waals surface area contributed by atoms with Gasteiger partial charge in [-0.2, -0.15) is 0 Å². The molecule has 1 saturated heterocycles. The van der Waals surface area contributed by atoms with Gasteiger partial charge in [0, 0.05) is 18.2 Å². The van der Waals surface area contributed by atoms with Crippen molar-refractivity contribution in [1.29, 1.82) is 0 Å². The van der Waals surface area contributed by atoms with E-state index >= 15 is 0 Å². The fourth-order valence-corrected chi connectivity index (χ4v) is 6.46. The van der Waals surface area contributed by atoms with Crippen LogP contribution in [0.2, 0.25) is 10.0 Å². The Kier molecular flexibility index (Phi) is 6.65. The van der Waals surface area contributed by atoms with Gasteiger partial charge in [0.1, 0.15) is 0 Å². The van der Waals surface area contributed by atoms with Gasteiger partial charge in [0.15, 0.2) is 15.6 Å². The van der Waals surface area contributed by atoms with Gasteiger partial charge in [0.05, 0.1) is 28.2 Å². The maximum Gasteiger partial charge on any atom is 0.254 e. The van der Waals surface area contributed by atoms with Crippen LogP contribution in [0, 0.1) is 0 Å². The molecule has 0 bridgehead atoms. The highest BCUT2D eigenvalue weighted by molar-refractivity contribution is 7.91. The predicted molar refractivity (Wildman–Crippen MR) is 129 cm³/mol. The molecule has 5 nitrogen and oxygen atoms in total. The van der Waals surface area contributed by atoms with E-state index in [1.54, 1.807) is 4.90 Å². The first kappa shape index (κ1) is 22.9. The van der Waals surface area contributed by atoms with Gasteiger partial charge in [0.2, 0.25) is 0 Å². The van der Waals surface area contributed by atoms with E-state index in [2.05, 4.69) is 0 Å². The first-order valence-electron chi connectivity index (χ1n) is 10.4. The van der Waals surface area contributed by atoms with Gasteiger partial charge in [0.25, 0.3) is 5.91 Å². The molecule has 0 unspecified atom stereocenters. The molecule has 4 rings (SSSR count). The fraction of sp³-hybridized carbons (Fsp3) is 0.292. The van der Waals surface area contributed by atoms with Crippen molar-refractivity contribution < 1.29 is 17.9 Å². The lowest BCUT2D eigenvalue weighted by molar-refractivity contribution is 0.0682. The van der Waals surface area contributed by atoms with Crippen molar-refractivity contribution in [3.8, 4) is 5.75 Å². The number of benzene rings is 3. The van der Waals surface area contributed by atoms with E-state index in [0.717, 1.165) is 16.3 Å². The van der Waals surface area contributed by atoms with Gasteiger partial charge < -0.3 is 9.64 Å². The van der Waals surface area contributed by atoms with Crippen molar-refractivity contribution in [1.82, 2.24) is 4.90 Å². The summed E-state index contributed by atoms with van der Waals surface area (Å²) in [6, 6.07) is 16.5. The van der Waals surface area contributed by atoms with E-state index in [-0.39, 0.29) is 34.0 Å². The number of hydrogen-bond acceptors (Lipinski definition) is 4. The summed E-state index contributed by atoms with van der Waals surface area (Å²) < 4.78 is 29.9. The minimum Gasteiger partial charge on any atom is -0.491 e. The first-order valence-corrected chi connectivity index (χ1v) is 13.0. The van der Waals surface area contributed by atoms with E-state index < -0.39 is 15.9 Å². The monoisotopic (exact) mass is 491 g/mol. The van der Waals surface area contributed by atoms with Gasteiger partial charge in [-0.05, 0) is 41.8 Å². The molecular weight excluding hydrogens is 469 g/mol. The third-order valence-corrected chi connectivity index (χ3v) is 7.98. The number of rotatable bonds is 6. The van der Waals surface area contributed by atoms with Crippen molar-refractivity contribution in [2.45, 2.75) is 25.9 Å². The van der Waals surface area contributed by atoms with E-state index in [9.17, 15) is 13.2 Å². The largest absolute Gasteiger partial charge is 0.491 e. The Morgan fingerprint density at radius 2 is 1.78 bits per heavy atom. The second kappa shape index (κ2) is 9.30. The van der Waals surface area contributed by atoms with E-state index in [4.69, 9.17) is 27.9 Å². The zero-order chi connectivity index (χ0) is 22.9.